The molecule has 1 rings (SSSR count). The van der Waals surface area contributed by atoms with Gasteiger partial charge in [-0.15, -0.1) is 0 Å². The molecule has 9 heteroatoms. The highest BCUT2D eigenvalue weighted by molar-refractivity contribution is 9.10. The molecule has 7 nitrogen and oxygen atoms in total. The first-order valence-electron chi connectivity index (χ1n) is 5.96. The Hall–Kier alpha value is -1.45. The van der Waals surface area contributed by atoms with E-state index < -0.39 is 21.9 Å². The van der Waals surface area contributed by atoms with Crippen molar-refractivity contribution in [3.05, 3.63) is 28.7 Å². The van der Waals surface area contributed by atoms with E-state index in [0.29, 0.717) is 0 Å². The molecule has 1 amide bonds. The maximum atomic E-state index is 11.9. The van der Waals surface area contributed by atoms with Crippen LogP contribution in [0.25, 0.3) is 0 Å². The molecule has 0 aliphatic heterocycles. The van der Waals surface area contributed by atoms with Crippen LogP contribution in [0.4, 0.5) is 0 Å². The molecule has 0 fully saturated rings. The van der Waals surface area contributed by atoms with E-state index in [-0.39, 0.29) is 24.5 Å². The minimum absolute atomic E-state index is 0.101. The van der Waals surface area contributed by atoms with Gasteiger partial charge in [0.2, 0.25) is 10.0 Å². The number of hydrogen-bond acceptors (Lipinski definition) is 5. The van der Waals surface area contributed by atoms with Gasteiger partial charge in [0, 0.05) is 18.1 Å². The fourth-order valence-electron chi connectivity index (χ4n) is 1.27. The predicted octanol–water partition coefficient (Wildman–Crippen LogP) is 0.407. The second-order valence-corrected chi connectivity index (χ2v) is 6.62. The maximum Gasteiger partial charge on any atom is 0.307 e. The van der Waals surface area contributed by atoms with Gasteiger partial charge in [0.15, 0.2) is 6.61 Å². The fourth-order valence-corrected chi connectivity index (χ4v) is 2.57. The molecular formula is C12H15BrN2O5S. The summed E-state index contributed by atoms with van der Waals surface area (Å²) in [5, 5.41) is 2.30. The summed E-state index contributed by atoms with van der Waals surface area (Å²) in [7, 11) is -2.25. The Morgan fingerprint density at radius 2 is 1.86 bits per heavy atom. The summed E-state index contributed by atoms with van der Waals surface area (Å²) in [6.45, 7) is -0.486. The largest absolute Gasteiger partial charge is 0.456 e. The lowest BCUT2D eigenvalue weighted by Crippen LogP contribution is -2.28. The highest BCUT2D eigenvalue weighted by Crippen LogP contribution is 2.14. The van der Waals surface area contributed by atoms with Crippen molar-refractivity contribution in [2.75, 3.05) is 20.2 Å². The van der Waals surface area contributed by atoms with Crippen molar-refractivity contribution in [3.63, 3.8) is 0 Å². The number of esters is 1. The second-order valence-electron chi connectivity index (χ2n) is 3.94. The standard InChI is InChI=1S/C12H15BrN2O5S/c1-14-11(16)8-20-12(17)6-7-15-21(18,19)10-4-2-9(13)3-5-10/h2-5,15H,6-8H2,1H3,(H,14,16). The maximum absolute atomic E-state index is 11.9. The molecule has 0 saturated carbocycles. The quantitative estimate of drug-likeness (QED) is 0.669. The third-order valence-electron chi connectivity index (χ3n) is 2.39. The number of halogens is 1. The van der Waals surface area contributed by atoms with Crippen molar-refractivity contribution < 1.29 is 22.7 Å². The lowest BCUT2D eigenvalue weighted by molar-refractivity contribution is -0.148. The molecule has 116 valence electrons. The smallest absolute Gasteiger partial charge is 0.307 e. The van der Waals surface area contributed by atoms with Crippen molar-refractivity contribution in [2.45, 2.75) is 11.3 Å². The molecular weight excluding hydrogens is 364 g/mol. The molecule has 0 aliphatic carbocycles. The zero-order valence-corrected chi connectivity index (χ0v) is 13.7. The van der Waals surface area contributed by atoms with E-state index in [1.807, 2.05) is 0 Å². The molecule has 0 saturated heterocycles. The highest BCUT2D eigenvalue weighted by atomic mass is 79.9. The summed E-state index contributed by atoms with van der Waals surface area (Å²) in [6, 6.07) is 6.09. The molecule has 0 atom stereocenters. The zero-order valence-electron chi connectivity index (χ0n) is 11.3. The van der Waals surface area contributed by atoms with Crippen LogP contribution in [-0.4, -0.2) is 40.5 Å². The monoisotopic (exact) mass is 378 g/mol. The van der Waals surface area contributed by atoms with E-state index in [0.717, 1.165) is 4.47 Å². The van der Waals surface area contributed by atoms with Crippen molar-refractivity contribution >= 4 is 37.8 Å². The van der Waals surface area contributed by atoms with Crippen LogP contribution in [0.1, 0.15) is 6.42 Å². The predicted molar refractivity (Wildman–Crippen MR) is 79.0 cm³/mol. The Morgan fingerprint density at radius 3 is 2.43 bits per heavy atom. The van der Waals surface area contributed by atoms with Gasteiger partial charge in [-0.2, -0.15) is 0 Å². The van der Waals surface area contributed by atoms with Crippen LogP contribution in [0.5, 0.6) is 0 Å². The number of sulfonamides is 1. The number of rotatable bonds is 7. The van der Waals surface area contributed by atoms with Gasteiger partial charge in [-0.25, -0.2) is 13.1 Å². The van der Waals surface area contributed by atoms with Crippen molar-refractivity contribution in [1.29, 1.82) is 0 Å². The summed E-state index contributed by atoms with van der Waals surface area (Å²) >= 11 is 3.21. The molecule has 0 heterocycles. The number of nitrogens with one attached hydrogen (secondary N) is 2. The molecule has 0 unspecified atom stereocenters. The molecule has 1 aromatic carbocycles. The lowest BCUT2D eigenvalue weighted by Gasteiger charge is -2.07. The first-order chi connectivity index (χ1) is 9.85. The van der Waals surface area contributed by atoms with Gasteiger partial charge in [-0.1, -0.05) is 15.9 Å². The van der Waals surface area contributed by atoms with Crippen LogP contribution in [0.15, 0.2) is 33.6 Å². The minimum Gasteiger partial charge on any atom is -0.456 e. The minimum atomic E-state index is -3.67. The van der Waals surface area contributed by atoms with Crippen LogP contribution >= 0.6 is 15.9 Å². The molecule has 0 spiro atoms. The second kappa shape index (κ2) is 8.11. The third kappa shape index (κ3) is 6.23. The van der Waals surface area contributed by atoms with E-state index in [2.05, 4.69) is 30.7 Å². The molecule has 1 aromatic rings. The number of likely N-dealkylation sites (N-methyl/N-ethyl adjacent to an activating group) is 1. The van der Waals surface area contributed by atoms with Gasteiger partial charge in [0.1, 0.15) is 0 Å². The highest BCUT2D eigenvalue weighted by Gasteiger charge is 2.14. The zero-order chi connectivity index (χ0) is 15.9. The van der Waals surface area contributed by atoms with E-state index in [9.17, 15) is 18.0 Å². The van der Waals surface area contributed by atoms with Gasteiger partial charge >= 0.3 is 5.97 Å². The van der Waals surface area contributed by atoms with E-state index >= 15 is 0 Å². The van der Waals surface area contributed by atoms with Crippen molar-refractivity contribution in [3.8, 4) is 0 Å². The number of hydrogen-bond donors (Lipinski definition) is 2. The number of carbonyl (C=O) groups excluding carboxylic acids is 2. The Morgan fingerprint density at radius 1 is 1.24 bits per heavy atom. The van der Waals surface area contributed by atoms with E-state index in [1.165, 1.54) is 19.2 Å². The van der Waals surface area contributed by atoms with E-state index in [4.69, 9.17) is 0 Å². The topological polar surface area (TPSA) is 102 Å². The fraction of sp³-hybridized carbons (Fsp3) is 0.333. The SMILES string of the molecule is CNC(=O)COC(=O)CCNS(=O)(=O)c1ccc(Br)cc1. The molecule has 0 aliphatic rings. The number of ether oxygens (including phenoxy) is 1. The summed E-state index contributed by atoms with van der Waals surface area (Å²) in [5.41, 5.74) is 0. The third-order valence-corrected chi connectivity index (χ3v) is 4.39. The molecule has 21 heavy (non-hydrogen) atoms. The van der Waals surface area contributed by atoms with Crippen molar-refractivity contribution in [2.24, 2.45) is 0 Å². The first-order valence-corrected chi connectivity index (χ1v) is 8.24. The Labute approximate surface area is 131 Å². The van der Waals surface area contributed by atoms with Gasteiger partial charge in [0.05, 0.1) is 11.3 Å². The molecule has 0 radical (unpaired) electrons. The summed E-state index contributed by atoms with van der Waals surface area (Å²) in [4.78, 5) is 22.2. The van der Waals surface area contributed by atoms with Crippen LogP contribution in [-0.2, 0) is 24.3 Å². The number of amides is 1. The van der Waals surface area contributed by atoms with Gasteiger partial charge in [-0.3, -0.25) is 9.59 Å². The van der Waals surface area contributed by atoms with Gasteiger partial charge < -0.3 is 10.1 Å². The van der Waals surface area contributed by atoms with Gasteiger partial charge in [0.25, 0.3) is 5.91 Å². The summed E-state index contributed by atoms with van der Waals surface area (Å²) < 4.78 is 31.5. The normalized spacial score (nSPS) is 11.0. The average molecular weight is 379 g/mol. The molecule has 0 bridgehead atoms. The van der Waals surface area contributed by atoms with Crippen LogP contribution < -0.4 is 10.0 Å². The lowest BCUT2D eigenvalue weighted by atomic mass is 10.4. The number of benzene rings is 1. The van der Waals surface area contributed by atoms with Crippen LogP contribution in [0.3, 0.4) is 0 Å². The van der Waals surface area contributed by atoms with Crippen LogP contribution in [0, 0.1) is 0 Å². The first kappa shape index (κ1) is 17.6. The Balaban J connectivity index is 2.42. The summed E-state index contributed by atoms with van der Waals surface area (Å²) in [6.07, 6.45) is -0.160. The molecule has 2 N–H and O–H groups in total. The van der Waals surface area contributed by atoms with E-state index in [1.54, 1.807) is 12.1 Å². The van der Waals surface area contributed by atoms with Crippen molar-refractivity contribution in [1.82, 2.24) is 10.0 Å². The Kier molecular flexibility index (Phi) is 6.79. The molecule has 0 aromatic heterocycles. The Bertz CT molecular complexity index is 601. The van der Waals surface area contributed by atoms with Crippen LogP contribution in [0.2, 0.25) is 0 Å². The summed E-state index contributed by atoms with van der Waals surface area (Å²) in [5.74, 6) is -1.09. The average Bonchev–Trinajstić information content (AvgIpc) is 2.45. The van der Waals surface area contributed by atoms with Gasteiger partial charge in [-0.05, 0) is 24.3 Å². The number of carbonyl (C=O) groups is 2.